The molecule has 0 bridgehead atoms. The van der Waals surface area contributed by atoms with Crippen LogP contribution in [0.15, 0.2) is 34.0 Å². The second-order valence-corrected chi connectivity index (χ2v) is 5.37. The number of nitrogens with zero attached hydrogens (tertiary/aromatic N) is 3. The number of amides is 1. The van der Waals surface area contributed by atoms with Crippen molar-refractivity contribution in [2.45, 2.75) is 5.03 Å². The van der Waals surface area contributed by atoms with E-state index in [2.05, 4.69) is 4.98 Å². The molecular weight excluding hydrogens is 292 g/mol. The second kappa shape index (κ2) is 6.71. The van der Waals surface area contributed by atoms with Gasteiger partial charge < -0.3 is 0 Å². The lowest BCUT2D eigenvalue weighted by Gasteiger charge is -2.04. The summed E-state index contributed by atoms with van der Waals surface area (Å²) in [6.07, 6.45) is 1.57. The van der Waals surface area contributed by atoms with Crippen molar-refractivity contribution in [3.8, 4) is 23.5 Å². The third kappa shape index (κ3) is 3.35. The van der Waals surface area contributed by atoms with Gasteiger partial charge in [0.2, 0.25) is 5.91 Å². The van der Waals surface area contributed by atoms with E-state index in [0.717, 1.165) is 23.0 Å². The number of nitrogens with one attached hydrogen (secondary N) is 1. The fourth-order valence-corrected chi connectivity index (χ4v) is 2.86. The maximum atomic E-state index is 11.3. The van der Waals surface area contributed by atoms with E-state index in [-0.39, 0.29) is 5.75 Å². The quantitative estimate of drug-likeness (QED) is 0.532. The summed E-state index contributed by atoms with van der Waals surface area (Å²) in [6.45, 7) is 0. The summed E-state index contributed by atoms with van der Waals surface area (Å²) in [5.41, 5.74) is 2.15. The van der Waals surface area contributed by atoms with E-state index in [1.807, 2.05) is 28.2 Å². The first-order chi connectivity index (χ1) is 9.74. The Morgan fingerprint density at radius 2 is 2.25 bits per heavy atom. The molecule has 0 unspecified atom stereocenters. The van der Waals surface area contributed by atoms with Crippen LogP contribution >= 0.6 is 23.1 Å². The van der Waals surface area contributed by atoms with Crippen molar-refractivity contribution in [3.05, 3.63) is 34.5 Å². The lowest BCUT2D eigenvalue weighted by Crippen LogP contribution is -2.19. The topological polar surface area (TPSA) is 89.6 Å². The molecule has 0 spiro atoms. The van der Waals surface area contributed by atoms with Gasteiger partial charge >= 0.3 is 0 Å². The normalized spacial score (nSPS) is 9.50. The predicted molar refractivity (Wildman–Crippen MR) is 76.7 cm³/mol. The Morgan fingerprint density at radius 3 is 2.90 bits per heavy atom. The van der Waals surface area contributed by atoms with Crippen LogP contribution in [0.3, 0.4) is 0 Å². The molecule has 98 valence electrons. The zero-order valence-electron chi connectivity index (χ0n) is 10.2. The van der Waals surface area contributed by atoms with Gasteiger partial charge in [-0.05, 0) is 23.6 Å². The van der Waals surface area contributed by atoms with Crippen LogP contribution in [0.25, 0.3) is 11.3 Å². The van der Waals surface area contributed by atoms with E-state index in [4.69, 9.17) is 10.5 Å². The van der Waals surface area contributed by atoms with E-state index >= 15 is 0 Å². The van der Waals surface area contributed by atoms with Gasteiger partial charge in [-0.2, -0.15) is 21.9 Å². The SMILES string of the molecule is N#CNC(=O)CSc1nc(-c2ccsc2)ccc1C#N. The van der Waals surface area contributed by atoms with Crippen molar-refractivity contribution in [1.82, 2.24) is 10.3 Å². The smallest absolute Gasteiger partial charge is 0.243 e. The third-order valence-corrected chi connectivity index (χ3v) is 4.01. The number of rotatable bonds is 4. The molecule has 7 heteroatoms. The molecule has 0 fully saturated rings. The van der Waals surface area contributed by atoms with Gasteiger partial charge in [-0.25, -0.2) is 4.98 Å². The van der Waals surface area contributed by atoms with E-state index < -0.39 is 5.91 Å². The summed E-state index contributed by atoms with van der Waals surface area (Å²) in [4.78, 5) is 15.7. The lowest BCUT2D eigenvalue weighted by atomic mass is 10.2. The Bertz CT molecular complexity index is 698. The number of nitriles is 2. The number of pyridine rings is 1. The molecule has 0 aliphatic rings. The molecule has 0 atom stereocenters. The second-order valence-electron chi connectivity index (χ2n) is 3.62. The van der Waals surface area contributed by atoms with Crippen LogP contribution in [-0.2, 0) is 4.79 Å². The highest BCUT2D eigenvalue weighted by molar-refractivity contribution is 8.00. The monoisotopic (exact) mass is 300 g/mol. The Labute approximate surface area is 123 Å². The average Bonchev–Trinajstić information content (AvgIpc) is 2.99. The van der Waals surface area contributed by atoms with Gasteiger partial charge in [0, 0.05) is 10.9 Å². The molecule has 0 aromatic carbocycles. The number of thiophene rings is 1. The van der Waals surface area contributed by atoms with Crippen LogP contribution < -0.4 is 5.32 Å². The highest BCUT2D eigenvalue weighted by Crippen LogP contribution is 2.26. The van der Waals surface area contributed by atoms with Crippen molar-refractivity contribution in [2.75, 3.05) is 5.75 Å². The van der Waals surface area contributed by atoms with Crippen molar-refractivity contribution >= 4 is 29.0 Å². The van der Waals surface area contributed by atoms with Crippen molar-refractivity contribution in [2.24, 2.45) is 0 Å². The molecule has 2 aromatic rings. The van der Waals surface area contributed by atoms with Gasteiger partial charge in [-0.1, -0.05) is 11.8 Å². The highest BCUT2D eigenvalue weighted by atomic mass is 32.2. The molecule has 5 nitrogen and oxygen atoms in total. The average molecular weight is 300 g/mol. The fourth-order valence-electron chi connectivity index (χ4n) is 1.44. The molecule has 2 rings (SSSR count). The first-order valence-corrected chi connectivity index (χ1v) is 7.42. The van der Waals surface area contributed by atoms with Gasteiger partial charge in [-0.15, -0.1) is 0 Å². The summed E-state index contributed by atoms with van der Waals surface area (Å²) in [6, 6.07) is 7.45. The molecular formula is C13H8N4OS2. The van der Waals surface area contributed by atoms with Gasteiger partial charge in [0.05, 0.1) is 17.0 Å². The zero-order valence-corrected chi connectivity index (χ0v) is 11.8. The van der Waals surface area contributed by atoms with E-state index in [1.165, 1.54) is 0 Å². The van der Waals surface area contributed by atoms with Gasteiger partial charge in [0.1, 0.15) is 11.1 Å². The molecule has 2 heterocycles. The van der Waals surface area contributed by atoms with Crippen LogP contribution in [0.2, 0.25) is 0 Å². The molecule has 1 N–H and O–H groups in total. The molecule has 20 heavy (non-hydrogen) atoms. The minimum absolute atomic E-state index is 0.0440. The minimum atomic E-state index is -0.413. The van der Waals surface area contributed by atoms with Crippen LogP contribution in [0.5, 0.6) is 0 Å². The Kier molecular flexibility index (Phi) is 4.72. The maximum absolute atomic E-state index is 11.3. The predicted octanol–water partition coefficient (Wildman–Crippen LogP) is 2.37. The van der Waals surface area contributed by atoms with Crippen LogP contribution in [-0.4, -0.2) is 16.6 Å². The summed E-state index contributed by atoms with van der Waals surface area (Å²) in [5, 5.41) is 23.8. The summed E-state index contributed by atoms with van der Waals surface area (Å²) >= 11 is 2.70. The summed E-state index contributed by atoms with van der Waals surface area (Å²) in [5.74, 6) is -0.369. The maximum Gasteiger partial charge on any atom is 0.243 e. The molecule has 0 radical (unpaired) electrons. The zero-order chi connectivity index (χ0) is 14.4. The number of hydrogen-bond donors (Lipinski definition) is 1. The molecule has 2 aromatic heterocycles. The summed E-state index contributed by atoms with van der Waals surface area (Å²) < 4.78 is 0. The fraction of sp³-hybridized carbons (Fsp3) is 0.0769. The lowest BCUT2D eigenvalue weighted by molar-refractivity contribution is -0.117. The largest absolute Gasteiger partial charge is 0.273 e. The molecule has 0 aliphatic carbocycles. The number of carbonyl (C=O) groups is 1. The van der Waals surface area contributed by atoms with Gasteiger partial charge in [0.25, 0.3) is 0 Å². The van der Waals surface area contributed by atoms with Gasteiger partial charge in [-0.3, -0.25) is 10.1 Å². The molecule has 1 amide bonds. The van der Waals surface area contributed by atoms with Crippen LogP contribution in [0.1, 0.15) is 5.56 Å². The number of carbonyl (C=O) groups excluding carboxylic acids is 1. The Balaban J connectivity index is 2.22. The Hall–Kier alpha value is -2.35. The first kappa shape index (κ1) is 14.1. The Morgan fingerprint density at radius 1 is 1.40 bits per heavy atom. The highest BCUT2D eigenvalue weighted by Gasteiger charge is 2.10. The standard InChI is InChI=1S/C13H8N4OS2/c14-5-9-1-2-11(10-3-4-19-6-10)17-13(9)20-7-12(18)16-8-15/h1-4,6H,7H2,(H,16,18). The number of hydrogen-bond acceptors (Lipinski definition) is 6. The van der Waals surface area contributed by atoms with Crippen molar-refractivity contribution < 1.29 is 4.79 Å². The minimum Gasteiger partial charge on any atom is -0.273 e. The molecule has 0 aliphatic heterocycles. The molecule has 0 saturated carbocycles. The van der Waals surface area contributed by atoms with E-state index in [0.29, 0.717) is 10.6 Å². The van der Waals surface area contributed by atoms with E-state index in [1.54, 1.807) is 29.7 Å². The van der Waals surface area contributed by atoms with Gasteiger partial charge in [0.15, 0.2) is 6.19 Å². The van der Waals surface area contributed by atoms with Crippen LogP contribution in [0, 0.1) is 22.8 Å². The van der Waals surface area contributed by atoms with Crippen molar-refractivity contribution in [1.29, 1.82) is 10.5 Å². The summed E-state index contributed by atoms with van der Waals surface area (Å²) in [7, 11) is 0. The first-order valence-electron chi connectivity index (χ1n) is 5.49. The third-order valence-electron chi connectivity index (χ3n) is 2.33. The van der Waals surface area contributed by atoms with Crippen LogP contribution in [0.4, 0.5) is 0 Å². The van der Waals surface area contributed by atoms with E-state index in [9.17, 15) is 4.79 Å². The number of aromatic nitrogens is 1. The molecule has 0 saturated heterocycles. The van der Waals surface area contributed by atoms with Crippen molar-refractivity contribution in [3.63, 3.8) is 0 Å². The number of thioether (sulfide) groups is 1.